The van der Waals surface area contributed by atoms with E-state index in [4.69, 9.17) is 0 Å². The highest BCUT2D eigenvalue weighted by Crippen LogP contribution is 2.28. The van der Waals surface area contributed by atoms with Gasteiger partial charge in [0, 0.05) is 5.75 Å². The molecule has 0 aromatic heterocycles. The highest BCUT2D eigenvalue weighted by molar-refractivity contribution is 8.16. The number of hydrogen-bond donors (Lipinski definition) is 0. The van der Waals surface area contributed by atoms with Gasteiger partial charge in [-0.3, -0.25) is 0 Å². The van der Waals surface area contributed by atoms with Crippen molar-refractivity contribution in [3.8, 4) is 0 Å². The molecular weight excluding hydrogens is 156 g/mol. The fourth-order valence-electron chi connectivity index (χ4n) is 0.903. The first-order chi connectivity index (χ1) is 4.17. The highest BCUT2D eigenvalue weighted by atomic mass is 32.3. The summed E-state index contributed by atoms with van der Waals surface area (Å²) >= 11 is 1.56. The molecule has 1 aliphatic rings. The molecule has 0 aliphatic carbocycles. The largest absolute Gasteiger partial charge is 0.228 e. The van der Waals surface area contributed by atoms with Gasteiger partial charge < -0.3 is 0 Å². The maximum Gasteiger partial charge on any atom is 0.163 e. The minimum absolute atomic E-state index is 0.0995. The summed E-state index contributed by atoms with van der Waals surface area (Å²) in [6, 6.07) is 0. The van der Waals surface area contributed by atoms with E-state index in [1.807, 2.05) is 6.92 Å². The van der Waals surface area contributed by atoms with E-state index in [0.29, 0.717) is 5.75 Å². The lowest BCUT2D eigenvalue weighted by Crippen LogP contribution is -2.11. The van der Waals surface area contributed by atoms with E-state index < -0.39 is 9.84 Å². The van der Waals surface area contributed by atoms with Gasteiger partial charge in [-0.1, -0.05) is 6.92 Å². The third kappa shape index (κ3) is 1.41. The predicted molar refractivity (Wildman–Crippen MR) is 40.3 cm³/mol. The summed E-state index contributed by atoms with van der Waals surface area (Å²) in [6.07, 6.45) is 0.757. The van der Waals surface area contributed by atoms with Crippen molar-refractivity contribution in [2.24, 2.45) is 0 Å². The lowest BCUT2D eigenvalue weighted by molar-refractivity contribution is 0.595. The zero-order chi connectivity index (χ0) is 6.91. The van der Waals surface area contributed by atoms with Crippen molar-refractivity contribution < 1.29 is 8.42 Å². The fraction of sp³-hybridized carbons (Fsp3) is 1.00. The normalized spacial score (nSPS) is 32.8. The van der Waals surface area contributed by atoms with E-state index >= 15 is 0 Å². The molecule has 2 nitrogen and oxygen atoms in total. The van der Waals surface area contributed by atoms with Crippen LogP contribution >= 0.6 is 11.8 Å². The van der Waals surface area contributed by atoms with Crippen molar-refractivity contribution in [3.05, 3.63) is 0 Å². The van der Waals surface area contributed by atoms with Gasteiger partial charge in [-0.2, -0.15) is 0 Å². The van der Waals surface area contributed by atoms with Crippen LogP contribution in [0.2, 0.25) is 0 Å². The third-order valence-electron chi connectivity index (χ3n) is 1.41. The average Bonchev–Trinajstić information content (AvgIpc) is 2.08. The molecule has 1 unspecified atom stereocenters. The van der Waals surface area contributed by atoms with E-state index in [-0.39, 0.29) is 4.58 Å². The van der Waals surface area contributed by atoms with Crippen LogP contribution in [-0.2, 0) is 9.84 Å². The Balaban J connectivity index is 2.75. The molecule has 0 radical (unpaired) electrons. The minimum atomic E-state index is -2.67. The molecule has 1 aliphatic heterocycles. The highest BCUT2D eigenvalue weighted by Gasteiger charge is 2.29. The quantitative estimate of drug-likeness (QED) is 0.580. The van der Waals surface area contributed by atoms with E-state index in [0.717, 1.165) is 12.2 Å². The Morgan fingerprint density at radius 1 is 1.67 bits per heavy atom. The van der Waals surface area contributed by atoms with Gasteiger partial charge in [0.1, 0.15) is 4.58 Å². The molecule has 1 heterocycles. The van der Waals surface area contributed by atoms with Crippen LogP contribution in [0.25, 0.3) is 0 Å². The zero-order valence-corrected chi connectivity index (χ0v) is 6.96. The predicted octanol–water partition coefficient (Wildman–Crippen LogP) is 0.884. The minimum Gasteiger partial charge on any atom is -0.228 e. The fourth-order valence-corrected chi connectivity index (χ4v) is 4.89. The Morgan fingerprint density at radius 3 is 2.56 bits per heavy atom. The van der Waals surface area contributed by atoms with Gasteiger partial charge in [-0.05, 0) is 6.42 Å². The van der Waals surface area contributed by atoms with Crippen molar-refractivity contribution >= 4 is 21.6 Å². The van der Waals surface area contributed by atoms with E-state index in [1.165, 1.54) is 0 Å². The summed E-state index contributed by atoms with van der Waals surface area (Å²) in [5.41, 5.74) is 0. The maximum atomic E-state index is 11.0. The Hall–Kier alpha value is 0.300. The van der Waals surface area contributed by atoms with Crippen LogP contribution < -0.4 is 0 Å². The molecule has 1 rings (SSSR count). The van der Waals surface area contributed by atoms with Crippen LogP contribution in [0.4, 0.5) is 0 Å². The second kappa shape index (κ2) is 2.50. The van der Waals surface area contributed by atoms with Crippen LogP contribution in [-0.4, -0.2) is 24.5 Å². The number of rotatable bonds is 1. The van der Waals surface area contributed by atoms with Gasteiger partial charge in [0.2, 0.25) is 0 Å². The van der Waals surface area contributed by atoms with Gasteiger partial charge >= 0.3 is 0 Å². The monoisotopic (exact) mass is 166 g/mol. The molecule has 9 heavy (non-hydrogen) atoms. The summed E-state index contributed by atoms with van der Waals surface area (Å²) in [5, 5.41) is 0. The Morgan fingerprint density at radius 2 is 2.33 bits per heavy atom. The van der Waals surface area contributed by atoms with Crippen molar-refractivity contribution in [1.29, 1.82) is 0 Å². The van der Waals surface area contributed by atoms with Crippen molar-refractivity contribution in [1.82, 2.24) is 0 Å². The summed E-state index contributed by atoms with van der Waals surface area (Å²) in [5.74, 6) is 1.18. The molecular formula is C5H10O2S2. The molecule has 54 valence electrons. The topological polar surface area (TPSA) is 34.1 Å². The molecule has 1 atom stereocenters. The average molecular weight is 166 g/mol. The molecule has 0 aromatic carbocycles. The lowest BCUT2D eigenvalue weighted by Gasteiger charge is -2.01. The Kier molecular flexibility index (Phi) is 2.06. The second-order valence-corrected chi connectivity index (χ2v) is 5.99. The van der Waals surface area contributed by atoms with Crippen LogP contribution in [0.3, 0.4) is 0 Å². The maximum absolute atomic E-state index is 11.0. The number of thioether (sulfide) groups is 1. The lowest BCUT2D eigenvalue weighted by atomic mass is 10.6. The van der Waals surface area contributed by atoms with Crippen LogP contribution in [0, 0.1) is 0 Å². The van der Waals surface area contributed by atoms with Crippen LogP contribution in [0.5, 0.6) is 0 Å². The van der Waals surface area contributed by atoms with E-state index in [1.54, 1.807) is 11.8 Å². The molecule has 0 N–H and O–H groups in total. The van der Waals surface area contributed by atoms with Crippen LogP contribution in [0.1, 0.15) is 13.3 Å². The first-order valence-electron chi connectivity index (χ1n) is 3.00. The van der Waals surface area contributed by atoms with Crippen LogP contribution in [0.15, 0.2) is 0 Å². The molecule has 0 spiro atoms. The molecule has 0 saturated carbocycles. The first-order valence-corrected chi connectivity index (χ1v) is 5.76. The molecule has 0 bridgehead atoms. The van der Waals surface area contributed by atoms with E-state index in [2.05, 4.69) is 0 Å². The molecule has 0 aromatic rings. The Labute approximate surface area is 59.9 Å². The number of hydrogen-bond acceptors (Lipinski definition) is 3. The van der Waals surface area contributed by atoms with Gasteiger partial charge in [0.05, 0.1) is 5.75 Å². The molecule has 0 amide bonds. The first kappa shape index (κ1) is 7.41. The van der Waals surface area contributed by atoms with Gasteiger partial charge in [-0.25, -0.2) is 8.42 Å². The van der Waals surface area contributed by atoms with Crippen molar-refractivity contribution in [2.75, 3.05) is 11.5 Å². The standard InChI is InChI=1S/C5H10O2S2/c1-2-5-8-3-4-9(5,6)7/h5H,2-4H2,1H3. The summed E-state index contributed by atoms with van der Waals surface area (Å²) in [7, 11) is -2.67. The zero-order valence-electron chi connectivity index (χ0n) is 5.33. The molecule has 1 fully saturated rings. The molecule has 1 saturated heterocycles. The van der Waals surface area contributed by atoms with Crippen molar-refractivity contribution in [3.63, 3.8) is 0 Å². The smallest absolute Gasteiger partial charge is 0.163 e. The van der Waals surface area contributed by atoms with E-state index in [9.17, 15) is 8.42 Å². The van der Waals surface area contributed by atoms with Gasteiger partial charge in [-0.15, -0.1) is 11.8 Å². The second-order valence-electron chi connectivity index (χ2n) is 2.08. The SMILES string of the molecule is CCC1SCCS1(=O)=O. The Bertz CT molecular complexity index is 183. The third-order valence-corrected chi connectivity index (χ3v) is 6.00. The number of sulfone groups is 1. The molecule has 4 heteroatoms. The summed E-state index contributed by atoms with van der Waals surface area (Å²) < 4.78 is 21.8. The van der Waals surface area contributed by atoms with Crippen molar-refractivity contribution in [2.45, 2.75) is 17.9 Å². The summed E-state index contributed by atoms with van der Waals surface area (Å²) in [4.78, 5) is 0. The van der Waals surface area contributed by atoms with Gasteiger partial charge in [0.25, 0.3) is 0 Å². The van der Waals surface area contributed by atoms with Gasteiger partial charge in [0.15, 0.2) is 9.84 Å². The summed E-state index contributed by atoms with van der Waals surface area (Å²) in [6.45, 7) is 1.92.